The fourth-order valence-corrected chi connectivity index (χ4v) is 1.50. The number of benzene rings is 1. The van der Waals surface area contributed by atoms with Gasteiger partial charge >= 0.3 is 0 Å². The van der Waals surface area contributed by atoms with Crippen LogP contribution in [0.2, 0.25) is 10.0 Å². The Hall–Kier alpha value is -0.990. The van der Waals surface area contributed by atoms with Gasteiger partial charge in [0.05, 0.1) is 0 Å². The van der Waals surface area contributed by atoms with Gasteiger partial charge in [-0.25, -0.2) is 0 Å². The SMILES string of the molecule is CN(C)C(=O)/C=C/c1c(Cl)cccc1Cl. The van der Waals surface area contributed by atoms with Crippen LogP contribution in [-0.2, 0) is 4.79 Å². The number of likely N-dealkylation sites (N-methyl/N-ethyl adjacent to an activating group) is 1. The molecular formula is C11H11Cl2NO. The molecule has 1 aromatic rings. The Kier molecular flexibility index (Phi) is 4.18. The van der Waals surface area contributed by atoms with E-state index in [4.69, 9.17) is 23.2 Å². The molecule has 0 heterocycles. The Morgan fingerprint density at radius 2 is 1.80 bits per heavy atom. The summed E-state index contributed by atoms with van der Waals surface area (Å²) in [6.45, 7) is 0. The van der Waals surface area contributed by atoms with Crippen molar-refractivity contribution in [3.63, 3.8) is 0 Å². The Labute approximate surface area is 99.1 Å². The van der Waals surface area contributed by atoms with Gasteiger partial charge in [-0.05, 0) is 18.2 Å². The van der Waals surface area contributed by atoms with E-state index in [1.807, 2.05) is 0 Å². The summed E-state index contributed by atoms with van der Waals surface area (Å²) in [5, 5.41) is 1.07. The number of carbonyl (C=O) groups excluding carboxylic acids is 1. The molecule has 1 amide bonds. The molecule has 0 aliphatic rings. The topological polar surface area (TPSA) is 20.3 Å². The Morgan fingerprint density at radius 3 is 2.27 bits per heavy atom. The largest absolute Gasteiger partial charge is 0.345 e. The van der Waals surface area contributed by atoms with Crippen LogP contribution in [0, 0.1) is 0 Å². The lowest BCUT2D eigenvalue weighted by molar-refractivity contribution is -0.123. The summed E-state index contributed by atoms with van der Waals surface area (Å²) in [6.07, 6.45) is 3.06. The van der Waals surface area contributed by atoms with E-state index in [9.17, 15) is 4.79 Å². The first-order valence-electron chi connectivity index (χ1n) is 4.35. The molecule has 0 bridgehead atoms. The van der Waals surface area contributed by atoms with Crippen molar-refractivity contribution in [1.29, 1.82) is 0 Å². The van der Waals surface area contributed by atoms with Gasteiger partial charge in [-0.2, -0.15) is 0 Å². The summed E-state index contributed by atoms with van der Waals surface area (Å²) >= 11 is 11.9. The highest BCUT2D eigenvalue weighted by molar-refractivity contribution is 6.37. The van der Waals surface area contributed by atoms with E-state index in [1.165, 1.54) is 11.0 Å². The number of hydrogen-bond acceptors (Lipinski definition) is 1. The van der Waals surface area contributed by atoms with Crippen LogP contribution in [0.25, 0.3) is 6.08 Å². The Morgan fingerprint density at radius 1 is 1.27 bits per heavy atom. The van der Waals surface area contributed by atoms with Crippen LogP contribution in [0.1, 0.15) is 5.56 Å². The lowest BCUT2D eigenvalue weighted by atomic mass is 10.2. The van der Waals surface area contributed by atoms with Gasteiger partial charge in [-0.3, -0.25) is 4.79 Å². The highest BCUT2D eigenvalue weighted by Crippen LogP contribution is 2.25. The zero-order valence-electron chi connectivity index (χ0n) is 8.50. The van der Waals surface area contributed by atoms with E-state index >= 15 is 0 Å². The summed E-state index contributed by atoms with van der Waals surface area (Å²) in [5.41, 5.74) is 0.663. The maximum Gasteiger partial charge on any atom is 0.246 e. The quantitative estimate of drug-likeness (QED) is 0.732. The summed E-state index contributed by atoms with van der Waals surface area (Å²) in [6, 6.07) is 5.22. The third-order valence-electron chi connectivity index (χ3n) is 1.83. The minimum atomic E-state index is -0.106. The van der Waals surface area contributed by atoms with Crippen LogP contribution in [0.4, 0.5) is 0 Å². The summed E-state index contributed by atoms with van der Waals surface area (Å²) in [4.78, 5) is 12.8. The van der Waals surface area contributed by atoms with Crippen LogP contribution in [-0.4, -0.2) is 24.9 Å². The molecule has 1 aromatic carbocycles. The molecule has 0 unspecified atom stereocenters. The first-order chi connectivity index (χ1) is 7.02. The minimum Gasteiger partial charge on any atom is -0.345 e. The van der Waals surface area contributed by atoms with Gasteiger partial charge in [0.1, 0.15) is 0 Å². The highest BCUT2D eigenvalue weighted by atomic mass is 35.5. The maximum atomic E-state index is 11.3. The van der Waals surface area contributed by atoms with E-state index in [2.05, 4.69) is 0 Å². The number of amides is 1. The summed E-state index contributed by atoms with van der Waals surface area (Å²) < 4.78 is 0. The molecule has 0 aliphatic carbocycles. The molecule has 0 N–H and O–H groups in total. The molecule has 80 valence electrons. The number of halogens is 2. The number of rotatable bonds is 2. The number of nitrogens with zero attached hydrogens (tertiary/aromatic N) is 1. The van der Waals surface area contributed by atoms with Gasteiger partial charge in [0.2, 0.25) is 5.91 Å². The number of hydrogen-bond donors (Lipinski definition) is 0. The zero-order valence-corrected chi connectivity index (χ0v) is 10.0. The lowest BCUT2D eigenvalue weighted by Gasteiger charge is -2.06. The van der Waals surface area contributed by atoms with Crippen molar-refractivity contribution in [2.24, 2.45) is 0 Å². The van der Waals surface area contributed by atoms with E-state index in [0.29, 0.717) is 15.6 Å². The molecular weight excluding hydrogens is 233 g/mol. The van der Waals surface area contributed by atoms with Crippen LogP contribution in [0.15, 0.2) is 24.3 Å². The average molecular weight is 244 g/mol. The fourth-order valence-electron chi connectivity index (χ4n) is 0.974. The van der Waals surface area contributed by atoms with Crippen molar-refractivity contribution >= 4 is 35.2 Å². The van der Waals surface area contributed by atoms with Crippen molar-refractivity contribution in [2.45, 2.75) is 0 Å². The molecule has 0 atom stereocenters. The monoisotopic (exact) mass is 243 g/mol. The first-order valence-corrected chi connectivity index (χ1v) is 5.11. The second kappa shape index (κ2) is 5.19. The van der Waals surface area contributed by atoms with Crippen LogP contribution in [0.3, 0.4) is 0 Å². The summed E-state index contributed by atoms with van der Waals surface area (Å²) in [7, 11) is 3.36. The van der Waals surface area contributed by atoms with Gasteiger partial charge in [-0.1, -0.05) is 29.3 Å². The van der Waals surface area contributed by atoms with E-state index in [0.717, 1.165) is 0 Å². The molecule has 2 nitrogen and oxygen atoms in total. The standard InChI is InChI=1S/C11H11Cl2NO/c1-14(2)11(15)7-6-8-9(12)4-3-5-10(8)13/h3-7H,1-2H3/b7-6+. The Bertz CT molecular complexity index is 379. The molecule has 0 fully saturated rings. The average Bonchev–Trinajstić information content (AvgIpc) is 2.16. The van der Waals surface area contributed by atoms with E-state index < -0.39 is 0 Å². The predicted molar refractivity (Wildman–Crippen MR) is 64.2 cm³/mol. The molecule has 4 heteroatoms. The maximum absolute atomic E-state index is 11.3. The van der Waals surface area contributed by atoms with E-state index in [-0.39, 0.29) is 5.91 Å². The Balaban J connectivity index is 2.94. The van der Waals surface area contributed by atoms with Crippen molar-refractivity contribution in [3.05, 3.63) is 39.9 Å². The normalized spacial score (nSPS) is 10.7. The predicted octanol–water partition coefficient (Wildman–Crippen LogP) is 3.09. The van der Waals surface area contributed by atoms with Gasteiger partial charge in [0.15, 0.2) is 0 Å². The van der Waals surface area contributed by atoms with Gasteiger partial charge < -0.3 is 4.90 Å². The van der Waals surface area contributed by atoms with Gasteiger partial charge in [0, 0.05) is 35.8 Å². The summed E-state index contributed by atoms with van der Waals surface area (Å²) in [5.74, 6) is -0.106. The van der Waals surface area contributed by atoms with Crippen molar-refractivity contribution in [1.82, 2.24) is 4.90 Å². The number of carbonyl (C=O) groups is 1. The van der Waals surface area contributed by atoms with Crippen LogP contribution in [0.5, 0.6) is 0 Å². The molecule has 1 rings (SSSR count). The van der Waals surface area contributed by atoms with Crippen LogP contribution >= 0.6 is 23.2 Å². The van der Waals surface area contributed by atoms with Crippen molar-refractivity contribution in [3.8, 4) is 0 Å². The minimum absolute atomic E-state index is 0.106. The van der Waals surface area contributed by atoms with E-state index in [1.54, 1.807) is 38.4 Å². The first kappa shape index (κ1) is 12.1. The molecule has 0 aromatic heterocycles. The smallest absolute Gasteiger partial charge is 0.246 e. The lowest BCUT2D eigenvalue weighted by Crippen LogP contribution is -2.18. The second-order valence-electron chi connectivity index (χ2n) is 3.20. The molecule has 0 aliphatic heterocycles. The van der Waals surface area contributed by atoms with Gasteiger partial charge in [-0.15, -0.1) is 0 Å². The molecule has 15 heavy (non-hydrogen) atoms. The van der Waals surface area contributed by atoms with Crippen LogP contribution < -0.4 is 0 Å². The highest BCUT2D eigenvalue weighted by Gasteiger charge is 2.03. The fraction of sp³-hybridized carbons (Fsp3) is 0.182. The van der Waals surface area contributed by atoms with Crippen molar-refractivity contribution in [2.75, 3.05) is 14.1 Å². The second-order valence-corrected chi connectivity index (χ2v) is 4.02. The molecule has 0 spiro atoms. The van der Waals surface area contributed by atoms with Gasteiger partial charge in [0.25, 0.3) is 0 Å². The van der Waals surface area contributed by atoms with Crippen molar-refractivity contribution < 1.29 is 4.79 Å². The third kappa shape index (κ3) is 3.26. The zero-order chi connectivity index (χ0) is 11.4. The molecule has 0 radical (unpaired) electrons. The molecule has 0 saturated heterocycles. The molecule has 0 saturated carbocycles. The third-order valence-corrected chi connectivity index (χ3v) is 2.49.